The molecule has 3 heteroatoms. The van der Waals surface area contributed by atoms with Gasteiger partial charge in [0.2, 0.25) is 0 Å². The predicted octanol–water partition coefficient (Wildman–Crippen LogP) is 2.27. The molecule has 0 heterocycles. The van der Waals surface area contributed by atoms with Crippen molar-refractivity contribution < 1.29 is 0 Å². The fourth-order valence-corrected chi connectivity index (χ4v) is 3.18. The van der Waals surface area contributed by atoms with Crippen LogP contribution in [0.3, 0.4) is 0 Å². The fraction of sp³-hybridized carbons (Fsp3) is 0.929. The van der Waals surface area contributed by atoms with Crippen LogP contribution in [0.2, 0.25) is 0 Å². The normalized spacial score (nSPS) is 32.9. The molecule has 2 atom stereocenters. The Kier molecular flexibility index (Phi) is 4.06. The molecule has 0 spiro atoms. The highest BCUT2D eigenvalue weighted by atomic mass is 15.2. The minimum Gasteiger partial charge on any atom is -0.313 e. The molecule has 2 N–H and O–H groups in total. The highest BCUT2D eigenvalue weighted by Crippen LogP contribution is 2.36. The Morgan fingerprint density at radius 3 is 2.71 bits per heavy atom. The molecule has 0 aliphatic heterocycles. The summed E-state index contributed by atoms with van der Waals surface area (Å²) in [5.41, 5.74) is 5.65. The van der Waals surface area contributed by atoms with Gasteiger partial charge in [0.15, 0.2) is 0 Å². The Bertz CT molecular complexity index is 292. The van der Waals surface area contributed by atoms with E-state index in [1.54, 1.807) is 0 Å². The Labute approximate surface area is 105 Å². The van der Waals surface area contributed by atoms with Gasteiger partial charge in [-0.25, -0.2) is 0 Å². The van der Waals surface area contributed by atoms with Crippen molar-refractivity contribution in [3.8, 4) is 6.07 Å². The van der Waals surface area contributed by atoms with Crippen molar-refractivity contribution in [3.05, 3.63) is 0 Å². The summed E-state index contributed by atoms with van der Waals surface area (Å²) < 4.78 is 0. The summed E-state index contributed by atoms with van der Waals surface area (Å²) in [6, 6.07) is 3.19. The largest absolute Gasteiger partial charge is 0.313 e. The number of hydrogen-bond donors (Lipinski definition) is 1. The zero-order valence-corrected chi connectivity index (χ0v) is 11.0. The van der Waals surface area contributed by atoms with Crippen LogP contribution in [0.15, 0.2) is 0 Å². The van der Waals surface area contributed by atoms with Crippen LogP contribution in [0.25, 0.3) is 0 Å². The van der Waals surface area contributed by atoms with Gasteiger partial charge in [0.1, 0.15) is 5.54 Å². The van der Waals surface area contributed by atoms with Crippen molar-refractivity contribution in [3.63, 3.8) is 0 Å². The van der Waals surface area contributed by atoms with Crippen molar-refractivity contribution in [1.29, 1.82) is 5.26 Å². The monoisotopic (exact) mass is 235 g/mol. The Morgan fingerprint density at radius 2 is 2.12 bits per heavy atom. The van der Waals surface area contributed by atoms with E-state index in [1.807, 2.05) is 0 Å². The average Bonchev–Trinajstić information content (AvgIpc) is 3.10. The highest BCUT2D eigenvalue weighted by molar-refractivity contribution is 5.12. The van der Waals surface area contributed by atoms with E-state index >= 15 is 0 Å². The minimum absolute atomic E-state index is 0.422. The maximum atomic E-state index is 9.20. The van der Waals surface area contributed by atoms with E-state index in [4.69, 9.17) is 5.73 Å². The molecular formula is C14H25N3. The summed E-state index contributed by atoms with van der Waals surface area (Å²) in [6.45, 7) is 4.60. The lowest BCUT2D eigenvalue weighted by Crippen LogP contribution is -2.43. The van der Waals surface area contributed by atoms with Crippen LogP contribution in [-0.2, 0) is 0 Å². The van der Waals surface area contributed by atoms with Crippen molar-refractivity contribution in [2.75, 3.05) is 13.1 Å². The minimum atomic E-state index is -0.526. The molecule has 17 heavy (non-hydrogen) atoms. The number of nitrogens with zero attached hydrogens (tertiary/aromatic N) is 2. The Balaban J connectivity index is 1.82. The maximum absolute atomic E-state index is 9.20. The number of nitrogens with two attached hydrogens (primary N) is 1. The third kappa shape index (κ3) is 3.00. The number of hydrogen-bond acceptors (Lipinski definition) is 3. The molecule has 0 aromatic rings. The Morgan fingerprint density at radius 1 is 1.35 bits per heavy atom. The Hall–Kier alpha value is -0.590. The van der Waals surface area contributed by atoms with E-state index in [9.17, 15) is 5.26 Å². The highest BCUT2D eigenvalue weighted by Gasteiger charge is 2.40. The summed E-state index contributed by atoms with van der Waals surface area (Å²) in [7, 11) is 0. The molecule has 2 fully saturated rings. The van der Waals surface area contributed by atoms with Gasteiger partial charge in [-0.05, 0) is 57.5 Å². The number of nitriles is 1. The zero-order valence-electron chi connectivity index (χ0n) is 11.0. The van der Waals surface area contributed by atoms with Gasteiger partial charge >= 0.3 is 0 Å². The van der Waals surface area contributed by atoms with Crippen molar-refractivity contribution >= 4 is 0 Å². The first-order valence-corrected chi connectivity index (χ1v) is 7.14. The van der Waals surface area contributed by atoms with Gasteiger partial charge < -0.3 is 10.6 Å². The van der Waals surface area contributed by atoms with Crippen molar-refractivity contribution in [1.82, 2.24) is 4.90 Å². The van der Waals surface area contributed by atoms with Crippen LogP contribution in [-0.4, -0.2) is 29.6 Å². The summed E-state index contributed by atoms with van der Waals surface area (Å²) in [5, 5.41) is 9.20. The SMILES string of the molecule is CCCN(CCC1CCCC1(N)C#N)C1CC1. The van der Waals surface area contributed by atoms with Gasteiger partial charge in [-0.3, -0.25) is 0 Å². The molecule has 2 unspecified atom stereocenters. The van der Waals surface area contributed by atoms with Crippen LogP contribution in [0.4, 0.5) is 0 Å². The first-order valence-electron chi connectivity index (χ1n) is 7.14. The van der Waals surface area contributed by atoms with E-state index in [1.165, 1.54) is 25.8 Å². The van der Waals surface area contributed by atoms with Crippen LogP contribution in [0.1, 0.15) is 51.9 Å². The molecule has 0 aromatic carbocycles. The molecule has 0 saturated heterocycles. The first kappa shape index (κ1) is 12.9. The van der Waals surface area contributed by atoms with Crippen LogP contribution in [0, 0.1) is 17.2 Å². The maximum Gasteiger partial charge on any atom is 0.107 e. The van der Waals surface area contributed by atoms with E-state index in [0.717, 1.165) is 38.3 Å². The predicted molar refractivity (Wildman–Crippen MR) is 69.4 cm³/mol. The topological polar surface area (TPSA) is 53.0 Å². The third-order valence-electron chi connectivity index (χ3n) is 4.42. The third-order valence-corrected chi connectivity index (χ3v) is 4.42. The summed E-state index contributed by atoms with van der Waals surface area (Å²) in [4.78, 5) is 2.61. The molecule has 0 bridgehead atoms. The molecular weight excluding hydrogens is 210 g/mol. The average molecular weight is 235 g/mol. The molecule has 2 saturated carbocycles. The lowest BCUT2D eigenvalue weighted by Gasteiger charge is -2.28. The second-order valence-electron chi connectivity index (χ2n) is 5.80. The second kappa shape index (κ2) is 5.37. The van der Waals surface area contributed by atoms with E-state index < -0.39 is 5.54 Å². The van der Waals surface area contributed by atoms with Crippen molar-refractivity contribution in [2.45, 2.75) is 63.5 Å². The van der Waals surface area contributed by atoms with E-state index in [0.29, 0.717) is 5.92 Å². The summed E-state index contributed by atoms with van der Waals surface area (Å²) in [6.07, 6.45) is 8.26. The standard InChI is InChI=1S/C14H25N3/c1-2-9-17(13-5-6-13)10-7-12-4-3-8-14(12,16)11-15/h12-13H,2-10,16H2,1H3. The van der Waals surface area contributed by atoms with Gasteiger partial charge in [0, 0.05) is 6.04 Å². The fourth-order valence-electron chi connectivity index (χ4n) is 3.18. The van der Waals surface area contributed by atoms with E-state index in [-0.39, 0.29) is 0 Å². The molecule has 0 radical (unpaired) electrons. The molecule has 2 rings (SSSR count). The lowest BCUT2D eigenvalue weighted by atomic mass is 9.87. The summed E-state index contributed by atoms with van der Waals surface area (Å²) in [5.74, 6) is 0.422. The van der Waals surface area contributed by atoms with Gasteiger partial charge in [-0.2, -0.15) is 5.26 Å². The van der Waals surface area contributed by atoms with Crippen LogP contribution >= 0.6 is 0 Å². The van der Waals surface area contributed by atoms with Gasteiger partial charge in [-0.1, -0.05) is 13.3 Å². The molecule has 2 aliphatic rings. The number of rotatable bonds is 6. The van der Waals surface area contributed by atoms with Gasteiger partial charge in [0.05, 0.1) is 6.07 Å². The zero-order chi connectivity index (χ0) is 12.3. The smallest absolute Gasteiger partial charge is 0.107 e. The molecule has 3 nitrogen and oxygen atoms in total. The quantitative estimate of drug-likeness (QED) is 0.768. The van der Waals surface area contributed by atoms with Gasteiger partial charge in [0.25, 0.3) is 0 Å². The molecule has 96 valence electrons. The first-order chi connectivity index (χ1) is 8.19. The van der Waals surface area contributed by atoms with Crippen molar-refractivity contribution in [2.24, 2.45) is 11.7 Å². The molecule has 2 aliphatic carbocycles. The lowest BCUT2D eigenvalue weighted by molar-refractivity contribution is 0.228. The summed E-state index contributed by atoms with van der Waals surface area (Å²) >= 11 is 0. The van der Waals surface area contributed by atoms with Crippen LogP contribution < -0.4 is 5.73 Å². The van der Waals surface area contributed by atoms with Gasteiger partial charge in [-0.15, -0.1) is 0 Å². The molecule has 0 amide bonds. The van der Waals surface area contributed by atoms with Crippen LogP contribution in [0.5, 0.6) is 0 Å². The van der Waals surface area contributed by atoms with E-state index in [2.05, 4.69) is 17.9 Å². The molecule has 0 aromatic heterocycles. The second-order valence-corrected chi connectivity index (χ2v) is 5.80.